The van der Waals surface area contributed by atoms with E-state index in [4.69, 9.17) is 5.73 Å². The van der Waals surface area contributed by atoms with Crippen molar-refractivity contribution in [3.8, 4) is 0 Å². The van der Waals surface area contributed by atoms with Gasteiger partial charge in [0.05, 0.1) is 32.0 Å². The number of aromatic nitrogens is 3. The average molecular weight is 513 g/mol. The summed E-state index contributed by atoms with van der Waals surface area (Å²) < 4.78 is 0. The number of fused-ring (bicyclic) bond motifs is 1. The highest BCUT2D eigenvalue weighted by atomic mass is 16.4. The Kier molecular flexibility index (Phi) is 9.32. The molecule has 1 aromatic carbocycles. The van der Waals surface area contributed by atoms with E-state index in [1.165, 1.54) is 12.5 Å². The third-order valence-corrected chi connectivity index (χ3v) is 5.38. The second-order valence-corrected chi connectivity index (χ2v) is 8.18. The smallest absolute Gasteiger partial charge is 0.326 e. The van der Waals surface area contributed by atoms with Crippen LogP contribution in [0.25, 0.3) is 10.9 Å². The first-order valence-electron chi connectivity index (χ1n) is 11.3. The van der Waals surface area contributed by atoms with Crippen molar-refractivity contribution in [1.82, 2.24) is 36.2 Å². The number of rotatable bonds is 13. The number of carbonyl (C=O) groups excluding carboxylic acids is 4. The molecule has 0 fully saturated rings. The van der Waals surface area contributed by atoms with E-state index >= 15 is 0 Å². The number of carboxylic acids is 1. The molecule has 2 atom stereocenters. The van der Waals surface area contributed by atoms with Gasteiger partial charge in [0.2, 0.25) is 23.6 Å². The zero-order chi connectivity index (χ0) is 26.8. The summed E-state index contributed by atoms with van der Waals surface area (Å²) in [6.07, 6.45) is 4.86. The van der Waals surface area contributed by atoms with E-state index in [1.807, 2.05) is 24.3 Å². The zero-order valence-corrected chi connectivity index (χ0v) is 19.7. The third kappa shape index (κ3) is 8.17. The predicted octanol–water partition coefficient (Wildman–Crippen LogP) is -2.08. The molecule has 0 aliphatic carbocycles. The van der Waals surface area contributed by atoms with E-state index in [2.05, 4.69) is 36.2 Å². The van der Waals surface area contributed by atoms with E-state index < -0.39 is 54.8 Å². The van der Waals surface area contributed by atoms with Crippen LogP contribution >= 0.6 is 0 Å². The number of nitrogens with one attached hydrogen (secondary N) is 6. The Hall–Kier alpha value is -4.72. The molecule has 0 aliphatic rings. The first kappa shape index (κ1) is 26.9. The summed E-state index contributed by atoms with van der Waals surface area (Å²) in [6, 6.07) is 5.51. The molecule has 196 valence electrons. The number of imidazole rings is 1. The number of benzene rings is 1. The van der Waals surface area contributed by atoms with Crippen LogP contribution in [0.4, 0.5) is 0 Å². The van der Waals surface area contributed by atoms with Gasteiger partial charge in [0, 0.05) is 35.4 Å². The molecular weight excluding hydrogens is 484 g/mol. The lowest BCUT2D eigenvalue weighted by Crippen LogP contribution is -2.49. The van der Waals surface area contributed by atoms with Gasteiger partial charge < -0.3 is 42.1 Å². The van der Waals surface area contributed by atoms with Gasteiger partial charge in [-0.1, -0.05) is 18.2 Å². The van der Waals surface area contributed by atoms with Gasteiger partial charge in [0.1, 0.15) is 6.04 Å². The topological polar surface area (TPSA) is 224 Å². The number of hydrogen-bond donors (Lipinski definition) is 8. The number of hydrogen-bond acceptors (Lipinski definition) is 7. The molecule has 0 saturated carbocycles. The van der Waals surface area contributed by atoms with E-state index in [9.17, 15) is 29.1 Å². The van der Waals surface area contributed by atoms with Crippen LogP contribution in [0.3, 0.4) is 0 Å². The summed E-state index contributed by atoms with van der Waals surface area (Å²) in [5.41, 5.74) is 8.29. The van der Waals surface area contributed by atoms with Crippen LogP contribution in [-0.2, 0) is 36.8 Å². The predicted molar refractivity (Wildman–Crippen MR) is 131 cm³/mol. The number of nitrogens with zero attached hydrogens (tertiary/aromatic N) is 1. The lowest BCUT2D eigenvalue weighted by atomic mass is 10.1. The van der Waals surface area contributed by atoms with Crippen LogP contribution in [0.5, 0.6) is 0 Å². The molecule has 0 aliphatic heterocycles. The highest BCUT2D eigenvalue weighted by Gasteiger charge is 2.21. The van der Waals surface area contributed by atoms with Crippen LogP contribution in [-0.4, -0.2) is 81.4 Å². The molecule has 0 unspecified atom stereocenters. The Morgan fingerprint density at radius 2 is 1.59 bits per heavy atom. The summed E-state index contributed by atoms with van der Waals surface area (Å²) in [4.78, 5) is 69.1. The third-order valence-electron chi connectivity index (χ3n) is 5.38. The van der Waals surface area contributed by atoms with Gasteiger partial charge in [0.25, 0.3) is 0 Å². The maximum absolute atomic E-state index is 12.3. The monoisotopic (exact) mass is 512 g/mol. The van der Waals surface area contributed by atoms with Crippen LogP contribution in [0.1, 0.15) is 11.3 Å². The zero-order valence-electron chi connectivity index (χ0n) is 19.7. The SMILES string of the molecule is N[C@@H](Cc1c[nH]c2ccccc12)C(=O)NCC(=O)NCC(=O)NCC(=O)N[C@@H](Cc1cnc[nH]1)C(=O)O. The van der Waals surface area contributed by atoms with Crippen molar-refractivity contribution in [3.63, 3.8) is 0 Å². The maximum Gasteiger partial charge on any atom is 0.326 e. The minimum Gasteiger partial charge on any atom is -0.480 e. The second kappa shape index (κ2) is 12.8. The van der Waals surface area contributed by atoms with Gasteiger partial charge in [-0.05, 0) is 18.1 Å². The van der Waals surface area contributed by atoms with Crippen LogP contribution in [0, 0.1) is 0 Å². The van der Waals surface area contributed by atoms with Crippen LogP contribution < -0.4 is 27.0 Å². The molecule has 14 heteroatoms. The quantitative estimate of drug-likeness (QED) is 0.127. The van der Waals surface area contributed by atoms with Gasteiger partial charge in [-0.3, -0.25) is 19.2 Å². The number of aromatic amines is 2. The van der Waals surface area contributed by atoms with Crippen LogP contribution in [0.15, 0.2) is 43.0 Å². The van der Waals surface area contributed by atoms with Crippen molar-refractivity contribution in [3.05, 3.63) is 54.2 Å². The highest BCUT2D eigenvalue weighted by Crippen LogP contribution is 2.18. The van der Waals surface area contributed by atoms with E-state index in [0.29, 0.717) is 5.69 Å². The maximum atomic E-state index is 12.3. The number of aliphatic carboxylic acids is 1. The van der Waals surface area contributed by atoms with E-state index in [1.54, 1.807) is 6.20 Å². The fraction of sp³-hybridized carbons (Fsp3) is 0.304. The molecule has 2 heterocycles. The lowest BCUT2D eigenvalue weighted by molar-refractivity contribution is -0.141. The minimum absolute atomic E-state index is 0.0117. The van der Waals surface area contributed by atoms with Gasteiger partial charge in [-0.2, -0.15) is 0 Å². The summed E-state index contributed by atoms with van der Waals surface area (Å²) in [7, 11) is 0. The molecule has 37 heavy (non-hydrogen) atoms. The summed E-state index contributed by atoms with van der Waals surface area (Å²) in [5.74, 6) is -3.79. The number of para-hydroxylation sites is 1. The van der Waals surface area contributed by atoms with Crippen molar-refractivity contribution in [2.45, 2.75) is 24.9 Å². The first-order valence-corrected chi connectivity index (χ1v) is 11.3. The minimum atomic E-state index is -1.25. The van der Waals surface area contributed by atoms with Crippen molar-refractivity contribution < 1.29 is 29.1 Å². The normalized spacial score (nSPS) is 12.4. The van der Waals surface area contributed by atoms with Gasteiger partial charge >= 0.3 is 5.97 Å². The van der Waals surface area contributed by atoms with Gasteiger partial charge in [-0.25, -0.2) is 9.78 Å². The molecule has 3 aromatic rings. The molecular formula is C23H28N8O6. The van der Waals surface area contributed by atoms with Crippen LogP contribution in [0.2, 0.25) is 0 Å². The molecule has 0 bridgehead atoms. The van der Waals surface area contributed by atoms with Crippen molar-refractivity contribution >= 4 is 40.5 Å². The molecule has 4 amide bonds. The fourth-order valence-corrected chi connectivity index (χ4v) is 3.47. The summed E-state index contributed by atoms with van der Waals surface area (Å²) in [6.45, 7) is -1.32. The summed E-state index contributed by atoms with van der Waals surface area (Å²) >= 11 is 0. The van der Waals surface area contributed by atoms with Crippen molar-refractivity contribution in [2.75, 3.05) is 19.6 Å². The number of carbonyl (C=O) groups is 5. The Morgan fingerprint density at radius 1 is 0.919 bits per heavy atom. The molecule has 2 aromatic heterocycles. The lowest BCUT2D eigenvalue weighted by Gasteiger charge is -2.14. The number of amides is 4. The Morgan fingerprint density at radius 3 is 2.27 bits per heavy atom. The Labute approximate surface area is 210 Å². The van der Waals surface area contributed by atoms with E-state index in [-0.39, 0.29) is 19.4 Å². The number of carboxylic acid groups (broad SMARTS) is 1. The van der Waals surface area contributed by atoms with Gasteiger partial charge in [0.15, 0.2) is 0 Å². The molecule has 0 spiro atoms. The van der Waals surface area contributed by atoms with E-state index in [0.717, 1.165) is 16.5 Å². The molecule has 0 radical (unpaired) electrons. The highest BCUT2D eigenvalue weighted by molar-refractivity contribution is 5.92. The first-order chi connectivity index (χ1) is 17.7. The Balaban J connectivity index is 1.32. The molecule has 3 rings (SSSR count). The number of H-pyrrole nitrogens is 2. The van der Waals surface area contributed by atoms with Gasteiger partial charge in [-0.15, -0.1) is 0 Å². The summed E-state index contributed by atoms with van der Waals surface area (Å²) in [5, 5.41) is 19.5. The molecule has 9 N–H and O–H groups in total. The average Bonchev–Trinajstić information content (AvgIpc) is 3.54. The standard InChI is InChI=1S/C23H28N8O6/c24-16(5-13-7-26-17-4-2-1-3-15(13)17)22(35)29-10-20(33)27-9-19(32)28-11-21(34)31-18(23(36)37)6-14-8-25-12-30-14/h1-4,7-8,12,16,18,26H,5-6,9-11,24H2,(H,25,30)(H,27,33)(H,28,32)(H,29,35)(H,31,34)(H,36,37)/t16-,18-/m0/s1. The number of nitrogens with two attached hydrogens (primary N) is 1. The second-order valence-electron chi connectivity index (χ2n) is 8.18. The molecule has 14 nitrogen and oxygen atoms in total. The fourth-order valence-electron chi connectivity index (χ4n) is 3.47. The largest absolute Gasteiger partial charge is 0.480 e. The molecule has 0 saturated heterocycles. The Bertz CT molecular complexity index is 1260. The van der Waals surface area contributed by atoms with Crippen molar-refractivity contribution in [1.29, 1.82) is 0 Å². The van der Waals surface area contributed by atoms with Crippen molar-refractivity contribution in [2.24, 2.45) is 5.73 Å².